The van der Waals surface area contributed by atoms with Gasteiger partial charge in [-0.05, 0) is 23.6 Å². The van der Waals surface area contributed by atoms with Gasteiger partial charge in [0.2, 0.25) is 11.9 Å². The zero-order valence-electron chi connectivity index (χ0n) is 16.8. The number of hydrogen-bond donors (Lipinski definition) is 1. The molecule has 0 unspecified atom stereocenters. The number of benzene rings is 1. The number of esters is 1. The van der Waals surface area contributed by atoms with Gasteiger partial charge in [0.25, 0.3) is 0 Å². The van der Waals surface area contributed by atoms with Crippen molar-refractivity contribution in [1.82, 2.24) is 14.8 Å². The number of carbonyl (C=O) groups excluding carboxylic acids is 2. The Morgan fingerprint density at radius 1 is 1.19 bits per heavy atom. The van der Waals surface area contributed by atoms with Crippen LogP contribution in [0.4, 0.5) is 11.6 Å². The normalized spacial score (nSPS) is 13.8. The van der Waals surface area contributed by atoms with Gasteiger partial charge in [0, 0.05) is 13.1 Å². The van der Waals surface area contributed by atoms with E-state index in [1.54, 1.807) is 11.4 Å². The van der Waals surface area contributed by atoms with Gasteiger partial charge >= 0.3 is 5.97 Å². The molecule has 3 heterocycles. The molecule has 0 bridgehead atoms. The van der Waals surface area contributed by atoms with Gasteiger partial charge in [-0.15, -0.1) is 21.5 Å². The highest BCUT2D eigenvalue weighted by Gasteiger charge is 2.22. The summed E-state index contributed by atoms with van der Waals surface area (Å²) in [6.45, 7) is 2.72. The molecule has 0 aliphatic carbocycles. The molecule has 4 rings (SSSR count). The maximum atomic E-state index is 12.5. The Hall–Kier alpha value is -2.89. The van der Waals surface area contributed by atoms with Gasteiger partial charge in [-0.25, -0.2) is 4.79 Å². The summed E-state index contributed by atoms with van der Waals surface area (Å²) in [5, 5.41) is 13.8. The van der Waals surface area contributed by atoms with Crippen LogP contribution in [0.15, 0.2) is 46.9 Å². The van der Waals surface area contributed by atoms with E-state index in [2.05, 4.69) is 20.4 Å². The molecule has 0 radical (unpaired) electrons. The van der Waals surface area contributed by atoms with Gasteiger partial charge in [-0.3, -0.25) is 9.36 Å². The van der Waals surface area contributed by atoms with Crippen molar-refractivity contribution in [2.45, 2.75) is 5.16 Å². The summed E-state index contributed by atoms with van der Waals surface area (Å²) >= 11 is 2.50. The number of nitrogens with one attached hydrogen (secondary N) is 1. The van der Waals surface area contributed by atoms with Crippen molar-refractivity contribution < 1.29 is 19.1 Å². The number of rotatable bonds is 7. The molecule has 1 saturated heterocycles. The number of ether oxygens (including phenoxy) is 2. The lowest BCUT2D eigenvalue weighted by molar-refractivity contribution is -0.113. The Morgan fingerprint density at radius 3 is 2.71 bits per heavy atom. The van der Waals surface area contributed by atoms with Gasteiger partial charge in [-0.1, -0.05) is 30.0 Å². The zero-order chi connectivity index (χ0) is 21.6. The lowest BCUT2D eigenvalue weighted by atomic mass is 10.3. The van der Waals surface area contributed by atoms with E-state index < -0.39 is 5.97 Å². The number of carbonyl (C=O) groups is 2. The maximum Gasteiger partial charge on any atom is 0.350 e. The monoisotopic (exact) mass is 459 g/mol. The van der Waals surface area contributed by atoms with Crippen molar-refractivity contribution >= 4 is 46.6 Å². The number of aromatic nitrogens is 3. The van der Waals surface area contributed by atoms with Crippen molar-refractivity contribution in [3.8, 4) is 5.69 Å². The van der Waals surface area contributed by atoms with Crippen LogP contribution in [-0.2, 0) is 14.3 Å². The SMILES string of the molecule is COC(=O)c1sccc1NC(=O)CSc1nnc(N2CCOCC2)n1-c1ccccc1. The summed E-state index contributed by atoms with van der Waals surface area (Å²) in [7, 11) is 1.31. The van der Waals surface area contributed by atoms with Crippen LogP contribution in [0.1, 0.15) is 9.67 Å². The molecule has 2 aromatic heterocycles. The van der Waals surface area contributed by atoms with Crippen molar-refractivity contribution in [2.24, 2.45) is 0 Å². The fraction of sp³-hybridized carbons (Fsp3) is 0.300. The molecule has 1 amide bonds. The molecule has 9 nitrogen and oxygen atoms in total. The van der Waals surface area contributed by atoms with Gasteiger partial charge < -0.3 is 19.7 Å². The molecule has 1 aliphatic rings. The van der Waals surface area contributed by atoms with Crippen LogP contribution in [0.5, 0.6) is 0 Å². The minimum Gasteiger partial charge on any atom is -0.465 e. The molecular weight excluding hydrogens is 438 g/mol. The zero-order valence-corrected chi connectivity index (χ0v) is 18.4. The molecule has 162 valence electrons. The van der Waals surface area contributed by atoms with Crippen LogP contribution in [-0.4, -0.2) is 65.8 Å². The fourth-order valence-electron chi connectivity index (χ4n) is 3.10. The molecule has 11 heteroatoms. The molecule has 0 spiro atoms. The molecular formula is C20H21N5O4S2. The number of amides is 1. The highest BCUT2D eigenvalue weighted by Crippen LogP contribution is 2.28. The number of para-hydroxylation sites is 1. The first-order chi connectivity index (χ1) is 15.2. The lowest BCUT2D eigenvalue weighted by Gasteiger charge is -2.27. The summed E-state index contributed by atoms with van der Waals surface area (Å²) in [6.07, 6.45) is 0. The highest BCUT2D eigenvalue weighted by molar-refractivity contribution is 7.99. The van der Waals surface area contributed by atoms with Crippen LogP contribution >= 0.6 is 23.1 Å². The van der Waals surface area contributed by atoms with E-state index in [0.717, 1.165) is 24.7 Å². The van der Waals surface area contributed by atoms with Crippen molar-refractivity contribution in [3.63, 3.8) is 0 Å². The fourth-order valence-corrected chi connectivity index (χ4v) is 4.61. The quantitative estimate of drug-likeness (QED) is 0.425. The Labute approximate surface area is 187 Å². The summed E-state index contributed by atoms with van der Waals surface area (Å²) < 4.78 is 12.2. The smallest absolute Gasteiger partial charge is 0.350 e. The lowest BCUT2D eigenvalue weighted by Crippen LogP contribution is -2.37. The van der Waals surface area contributed by atoms with E-state index >= 15 is 0 Å². The van der Waals surface area contributed by atoms with Gasteiger partial charge in [0.05, 0.1) is 37.5 Å². The van der Waals surface area contributed by atoms with Gasteiger partial charge in [0.15, 0.2) is 5.16 Å². The van der Waals surface area contributed by atoms with Crippen LogP contribution in [0.2, 0.25) is 0 Å². The van der Waals surface area contributed by atoms with Crippen molar-refractivity contribution in [3.05, 3.63) is 46.7 Å². The summed E-state index contributed by atoms with van der Waals surface area (Å²) in [5.41, 5.74) is 1.36. The number of methoxy groups -OCH3 is 1. The van der Waals surface area contributed by atoms with E-state index in [-0.39, 0.29) is 11.7 Å². The van der Waals surface area contributed by atoms with E-state index in [1.165, 1.54) is 30.2 Å². The summed E-state index contributed by atoms with van der Waals surface area (Å²) in [4.78, 5) is 26.8. The van der Waals surface area contributed by atoms with Crippen molar-refractivity contribution in [2.75, 3.05) is 49.4 Å². The third kappa shape index (κ3) is 4.89. The number of anilines is 2. The van der Waals surface area contributed by atoms with Crippen molar-refractivity contribution in [1.29, 1.82) is 0 Å². The number of morpholine rings is 1. The molecule has 3 aromatic rings. The second kappa shape index (κ2) is 9.94. The maximum absolute atomic E-state index is 12.5. The Balaban J connectivity index is 1.51. The summed E-state index contributed by atoms with van der Waals surface area (Å²) in [5.74, 6) is 0.120. The first kappa shape index (κ1) is 21.3. The average molecular weight is 460 g/mol. The van der Waals surface area contributed by atoms with Crippen LogP contribution in [0.3, 0.4) is 0 Å². The van der Waals surface area contributed by atoms with Gasteiger partial charge in [-0.2, -0.15) is 0 Å². The van der Waals surface area contributed by atoms with Crippen LogP contribution in [0.25, 0.3) is 5.69 Å². The number of nitrogens with zero attached hydrogens (tertiary/aromatic N) is 4. The minimum absolute atomic E-state index is 0.116. The minimum atomic E-state index is -0.475. The first-order valence-corrected chi connectivity index (χ1v) is 11.5. The molecule has 1 aliphatic heterocycles. The molecule has 1 fully saturated rings. The van der Waals surface area contributed by atoms with E-state index in [4.69, 9.17) is 9.47 Å². The first-order valence-electron chi connectivity index (χ1n) is 9.59. The third-order valence-corrected chi connectivity index (χ3v) is 6.39. The number of thiophene rings is 1. The average Bonchev–Trinajstić information content (AvgIpc) is 3.45. The molecule has 0 atom stereocenters. The van der Waals surface area contributed by atoms with E-state index in [1.807, 2.05) is 34.9 Å². The highest BCUT2D eigenvalue weighted by atomic mass is 32.2. The van der Waals surface area contributed by atoms with Crippen LogP contribution in [0, 0.1) is 0 Å². The number of hydrogen-bond acceptors (Lipinski definition) is 9. The Morgan fingerprint density at radius 2 is 1.97 bits per heavy atom. The van der Waals surface area contributed by atoms with Gasteiger partial charge in [0.1, 0.15) is 4.88 Å². The topological polar surface area (TPSA) is 98.6 Å². The molecule has 1 N–H and O–H groups in total. The third-order valence-electron chi connectivity index (χ3n) is 4.57. The Bertz CT molecular complexity index is 1050. The number of thioether (sulfide) groups is 1. The predicted molar refractivity (Wildman–Crippen MR) is 119 cm³/mol. The summed E-state index contributed by atoms with van der Waals surface area (Å²) in [6, 6.07) is 11.5. The van der Waals surface area contributed by atoms with Crippen LogP contribution < -0.4 is 10.2 Å². The molecule has 0 saturated carbocycles. The van der Waals surface area contributed by atoms with E-state index in [9.17, 15) is 9.59 Å². The second-order valence-corrected chi connectivity index (χ2v) is 8.40. The molecule has 1 aromatic carbocycles. The largest absolute Gasteiger partial charge is 0.465 e. The predicted octanol–water partition coefficient (Wildman–Crippen LogP) is 2.68. The molecule has 31 heavy (non-hydrogen) atoms. The standard InChI is InChI=1S/C20H21N5O4S2/c1-28-18(27)17-15(7-12-30-17)21-16(26)13-31-20-23-22-19(24-8-10-29-11-9-24)25(20)14-5-3-2-4-6-14/h2-7,12H,8-11,13H2,1H3,(H,21,26). The Kier molecular flexibility index (Phi) is 6.85. The van der Waals surface area contributed by atoms with E-state index in [0.29, 0.717) is 28.9 Å². The second-order valence-electron chi connectivity index (χ2n) is 6.54.